The van der Waals surface area contributed by atoms with Gasteiger partial charge in [-0.15, -0.1) is 0 Å². The fourth-order valence-corrected chi connectivity index (χ4v) is 2.18. The van der Waals surface area contributed by atoms with Gasteiger partial charge in [0.1, 0.15) is 5.82 Å². The van der Waals surface area contributed by atoms with Gasteiger partial charge in [-0.05, 0) is 36.8 Å². The van der Waals surface area contributed by atoms with Crippen LogP contribution < -0.4 is 10.6 Å². The van der Waals surface area contributed by atoms with Crippen LogP contribution in [-0.2, 0) is 4.79 Å². The molecule has 0 bridgehead atoms. The molecule has 2 rings (SSSR count). The Balaban J connectivity index is 1.83. The maximum Gasteiger partial charge on any atom is 0.251 e. The Bertz CT molecular complexity index is 689. The van der Waals surface area contributed by atoms with Gasteiger partial charge in [0.25, 0.3) is 5.91 Å². The first-order valence-corrected chi connectivity index (χ1v) is 7.53. The molecule has 0 aliphatic heterocycles. The number of carbonyl (C=O) groups is 2. The number of amides is 2. The second-order valence-corrected chi connectivity index (χ2v) is 5.40. The second-order valence-electron chi connectivity index (χ2n) is 5.40. The smallest absolute Gasteiger partial charge is 0.251 e. The summed E-state index contributed by atoms with van der Waals surface area (Å²) in [5, 5.41) is 15.3. The van der Waals surface area contributed by atoms with E-state index >= 15 is 0 Å². The molecule has 6 heteroatoms. The number of aliphatic hydroxyl groups excluding tert-OH is 1. The zero-order valence-electron chi connectivity index (χ0n) is 13.2. The standard InChI is InChI=1S/C18H19FN2O3/c1-12(17(23)13-7-9-15(19)10-8-13)21-16(22)11-20-18(24)14-5-3-2-4-6-14/h2-10,12,17,23H,11H2,1H3,(H,20,24)(H,21,22). The van der Waals surface area contributed by atoms with E-state index in [9.17, 15) is 19.1 Å². The minimum atomic E-state index is -0.973. The number of rotatable bonds is 6. The summed E-state index contributed by atoms with van der Waals surface area (Å²) in [7, 11) is 0. The van der Waals surface area contributed by atoms with E-state index in [-0.39, 0.29) is 12.5 Å². The predicted octanol–water partition coefficient (Wildman–Crippen LogP) is 1.79. The van der Waals surface area contributed by atoms with Crippen molar-refractivity contribution in [2.45, 2.75) is 19.1 Å². The molecule has 0 saturated heterocycles. The van der Waals surface area contributed by atoms with Gasteiger partial charge < -0.3 is 15.7 Å². The van der Waals surface area contributed by atoms with Crippen LogP contribution in [0.5, 0.6) is 0 Å². The van der Waals surface area contributed by atoms with Gasteiger partial charge in [0.2, 0.25) is 5.91 Å². The Kier molecular flexibility index (Phi) is 6.03. The number of hydrogen-bond donors (Lipinski definition) is 3. The average Bonchev–Trinajstić information content (AvgIpc) is 2.60. The molecule has 24 heavy (non-hydrogen) atoms. The van der Waals surface area contributed by atoms with Crippen molar-refractivity contribution in [1.82, 2.24) is 10.6 Å². The molecule has 0 spiro atoms. The molecule has 0 aliphatic rings. The molecule has 2 amide bonds. The zero-order valence-corrected chi connectivity index (χ0v) is 13.2. The van der Waals surface area contributed by atoms with Crippen LogP contribution in [0.2, 0.25) is 0 Å². The van der Waals surface area contributed by atoms with Crippen molar-refractivity contribution in [1.29, 1.82) is 0 Å². The molecule has 3 N–H and O–H groups in total. The van der Waals surface area contributed by atoms with Crippen molar-refractivity contribution < 1.29 is 19.1 Å². The van der Waals surface area contributed by atoms with E-state index in [1.165, 1.54) is 24.3 Å². The summed E-state index contributed by atoms with van der Waals surface area (Å²) >= 11 is 0. The molecule has 126 valence electrons. The van der Waals surface area contributed by atoms with Crippen molar-refractivity contribution in [3.8, 4) is 0 Å². The summed E-state index contributed by atoms with van der Waals surface area (Å²) in [6.45, 7) is 1.43. The Labute approximate surface area is 139 Å². The molecule has 2 unspecified atom stereocenters. The van der Waals surface area contributed by atoms with Crippen LogP contribution in [0.4, 0.5) is 4.39 Å². The molecular weight excluding hydrogens is 311 g/mol. The number of carbonyl (C=O) groups excluding carboxylic acids is 2. The molecule has 2 atom stereocenters. The first kappa shape index (κ1) is 17.6. The van der Waals surface area contributed by atoms with Crippen LogP contribution in [0.1, 0.15) is 28.9 Å². The maximum absolute atomic E-state index is 12.9. The largest absolute Gasteiger partial charge is 0.386 e. The maximum atomic E-state index is 12.9. The first-order chi connectivity index (χ1) is 11.5. The fourth-order valence-electron chi connectivity index (χ4n) is 2.18. The van der Waals surface area contributed by atoms with Gasteiger partial charge in [0.05, 0.1) is 18.7 Å². The molecule has 0 fully saturated rings. The average molecular weight is 330 g/mol. The fraction of sp³-hybridized carbons (Fsp3) is 0.222. The lowest BCUT2D eigenvalue weighted by atomic mass is 10.0. The SMILES string of the molecule is CC(NC(=O)CNC(=O)c1ccccc1)C(O)c1ccc(F)cc1. The lowest BCUT2D eigenvalue weighted by Crippen LogP contribution is -2.43. The molecule has 0 aliphatic carbocycles. The second kappa shape index (κ2) is 8.21. The number of aliphatic hydroxyl groups is 1. The van der Waals surface area contributed by atoms with Crippen LogP contribution in [-0.4, -0.2) is 29.5 Å². The van der Waals surface area contributed by atoms with Gasteiger partial charge in [-0.3, -0.25) is 9.59 Å². The van der Waals surface area contributed by atoms with E-state index in [1.54, 1.807) is 37.3 Å². The van der Waals surface area contributed by atoms with Crippen molar-refractivity contribution in [3.05, 3.63) is 71.5 Å². The van der Waals surface area contributed by atoms with Gasteiger partial charge in [0.15, 0.2) is 0 Å². The molecule has 0 saturated carbocycles. The molecule has 0 aromatic heterocycles. The molecular formula is C18H19FN2O3. The quantitative estimate of drug-likeness (QED) is 0.756. The van der Waals surface area contributed by atoms with Gasteiger partial charge in [-0.1, -0.05) is 30.3 Å². The third-order valence-corrected chi connectivity index (χ3v) is 3.52. The van der Waals surface area contributed by atoms with Gasteiger partial charge >= 0.3 is 0 Å². The van der Waals surface area contributed by atoms with Crippen LogP contribution in [0.25, 0.3) is 0 Å². The summed E-state index contributed by atoms with van der Waals surface area (Å²) in [6, 6.07) is 13.4. The Hall–Kier alpha value is -2.73. The number of nitrogens with one attached hydrogen (secondary N) is 2. The minimum Gasteiger partial charge on any atom is -0.386 e. The van der Waals surface area contributed by atoms with Gasteiger partial charge in [0, 0.05) is 5.56 Å². The Morgan fingerprint density at radius 2 is 1.71 bits per heavy atom. The Morgan fingerprint density at radius 3 is 2.33 bits per heavy atom. The molecule has 2 aromatic carbocycles. The molecule has 2 aromatic rings. The first-order valence-electron chi connectivity index (χ1n) is 7.53. The highest BCUT2D eigenvalue weighted by Gasteiger charge is 2.18. The van der Waals surface area contributed by atoms with E-state index in [2.05, 4.69) is 10.6 Å². The van der Waals surface area contributed by atoms with E-state index in [0.717, 1.165) is 0 Å². The number of halogens is 1. The highest BCUT2D eigenvalue weighted by Crippen LogP contribution is 2.16. The van der Waals surface area contributed by atoms with E-state index in [1.807, 2.05) is 0 Å². The third kappa shape index (κ3) is 4.89. The predicted molar refractivity (Wildman–Crippen MR) is 87.7 cm³/mol. The van der Waals surface area contributed by atoms with E-state index < -0.39 is 23.9 Å². The van der Waals surface area contributed by atoms with Crippen molar-refractivity contribution in [3.63, 3.8) is 0 Å². The van der Waals surface area contributed by atoms with Gasteiger partial charge in [-0.25, -0.2) is 4.39 Å². The van der Waals surface area contributed by atoms with Crippen LogP contribution in [0.3, 0.4) is 0 Å². The summed E-state index contributed by atoms with van der Waals surface area (Å²) in [5.74, 6) is -1.17. The van der Waals surface area contributed by atoms with Gasteiger partial charge in [-0.2, -0.15) is 0 Å². The monoisotopic (exact) mass is 330 g/mol. The lowest BCUT2D eigenvalue weighted by molar-refractivity contribution is -0.121. The summed E-state index contributed by atoms with van der Waals surface area (Å²) in [4.78, 5) is 23.7. The molecule has 5 nitrogen and oxygen atoms in total. The third-order valence-electron chi connectivity index (χ3n) is 3.52. The molecule has 0 heterocycles. The number of hydrogen-bond acceptors (Lipinski definition) is 3. The van der Waals surface area contributed by atoms with Crippen LogP contribution in [0, 0.1) is 5.82 Å². The van der Waals surface area contributed by atoms with Crippen LogP contribution >= 0.6 is 0 Å². The number of benzene rings is 2. The van der Waals surface area contributed by atoms with E-state index in [0.29, 0.717) is 11.1 Å². The highest BCUT2D eigenvalue weighted by atomic mass is 19.1. The van der Waals surface area contributed by atoms with Crippen molar-refractivity contribution in [2.24, 2.45) is 0 Å². The summed E-state index contributed by atoms with van der Waals surface area (Å²) < 4.78 is 12.9. The summed E-state index contributed by atoms with van der Waals surface area (Å²) in [6.07, 6.45) is -0.973. The molecule has 0 radical (unpaired) electrons. The van der Waals surface area contributed by atoms with Crippen molar-refractivity contribution >= 4 is 11.8 Å². The van der Waals surface area contributed by atoms with Crippen LogP contribution in [0.15, 0.2) is 54.6 Å². The lowest BCUT2D eigenvalue weighted by Gasteiger charge is -2.20. The zero-order chi connectivity index (χ0) is 17.5. The highest BCUT2D eigenvalue weighted by molar-refractivity contribution is 5.96. The normalized spacial score (nSPS) is 13.0. The topological polar surface area (TPSA) is 78.4 Å². The van der Waals surface area contributed by atoms with E-state index in [4.69, 9.17) is 0 Å². The Morgan fingerprint density at radius 1 is 1.08 bits per heavy atom. The minimum absolute atomic E-state index is 0.200. The summed E-state index contributed by atoms with van der Waals surface area (Å²) in [5.41, 5.74) is 0.960. The van der Waals surface area contributed by atoms with Crippen molar-refractivity contribution in [2.75, 3.05) is 6.54 Å².